The quantitative estimate of drug-likeness (QED) is 0.196. The Bertz CT molecular complexity index is 2420. The zero-order valence-corrected chi connectivity index (χ0v) is 26.1. The van der Waals surface area contributed by atoms with E-state index in [1.165, 1.54) is 81.4 Å². The molecular formula is C43H31NS. The van der Waals surface area contributed by atoms with E-state index in [0.717, 1.165) is 0 Å². The molecule has 45 heavy (non-hydrogen) atoms. The van der Waals surface area contributed by atoms with Gasteiger partial charge in [0, 0.05) is 32.0 Å². The Morgan fingerprint density at radius 3 is 1.93 bits per heavy atom. The molecule has 0 amide bonds. The minimum atomic E-state index is -0.0909. The van der Waals surface area contributed by atoms with Gasteiger partial charge in [-0.3, -0.25) is 0 Å². The van der Waals surface area contributed by atoms with Crippen LogP contribution in [0.5, 0.6) is 0 Å². The molecule has 0 bridgehead atoms. The van der Waals surface area contributed by atoms with Gasteiger partial charge >= 0.3 is 0 Å². The van der Waals surface area contributed by atoms with E-state index in [2.05, 4.69) is 170 Å². The van der Waals surface area contributed by atoms with Crippen LogP contribution < -0.4 is 4.90 Å². The molecule has 0 atom stereocenters. The van der Waals surface area contributed by atoms with Gasteiger partial charge in [0.05, 0.1) is 21.8 Å². The molecular weight excluding hydrogens is 563 g/mol. The number of fused-ring (bicyclic) bond motifs is 7. The molecule has 0 aliphatic heterocycles. The molecule has 0 unspecified atom stereocenters. The molecule has 1 nitrogen and oxygen atoms in total. The van der Waals surface area contributed by atoms with Gasteiger partial charge in [0.2, 0.25) is 0 Å². The lowest BCUT2D eigenvalue weighted by Crippen LogP contribution is -2.16. The molecule has 0 N–H and O–H groups in total. The summed E-state index contributed by atoms with van der Waals surface area (Å²) in [7, 11) is 0. The highest BCUT2D eigenvalue weighted by Crippen LogP contribution is 2.56. The van der Waals surface area contributed by atoms with Crippen LogP contribution in [0.3, 0.4) is 0 Å². The summed E-state index contributed by atoms with van der Waals surface area (Å²) in [6.07, 6.45) is 0. The van der Waals surface area contributed by atoms with Gasteiger partial charge in [0.25, 0.3) is 0 Å². The summed E-state index contributed by atoms with van der Waals surface area (Å²) >= 11 is 1.89. The number of rotatable bonds is 4. The number of anilines is 3. The maximum Gasteiger partial charge on any atom is 0.0640 e. The lowest BCUT2D eigenvalue weighted by molar-refractivity contribution is 0.660. The molecule has 0 saturated heterocycles. The van der Waals surface area contributed by atoms with Crippen molar-refractivity contribution in [1.29, 1.82) is 0 Å². The first-order chi connectivity index (χ1) is 22.1. The van der Waals surface area contributed by atoms with Gasteiger partial charge in [-0.15, -0.1) is 11.3 Å². The fourth-order valence-electron chi connectivity index (χ4n) is 7.58. The molecule has 2 heteroatoms. The summed E-state index contributed by atoms with van der Waals surface area (Å²) in [6.45, 7) is 4.73. The maximum absolute atomic E-state index is 2.55. The summed E-state index contributed by atoms with van der Waals surface area (Å²) in [5, 5.41) is 5.12. The Labute approximate surface area is 267 Å². The lowest BCUT2D eigenvalue weighted by atomic mass is 9.82. The van der Waals surface area contributed by atoms with Crippen molar-refractivity contribution in [3.05, 3.63) is 163 Å². The monoisotopic (exact) mass is 593 g/mol. The van der Waals surface area contributed by atoms with E-state index in [1.54, 1.807) is 0 Å². The first-order valence-corrected chi connectivity index (χ1v) is 16.4. The Balaban J connectivity index is 1.41. The fourth-order valence-corrected chi connectivity index (χ4v) is 8.78. The summed E-state index contributed by atoms with van der Waals surface area (Å²) < 4.78 is 2.61. The van der Waals surface area contributed by atoms with E-state index in [0.29, 0.717) is 0 Å². The van der Waals surface area contributed by atoms with Crippen molar-refractivity contribution in [2.45, 2.75) is 19.3 Å². The van der Waals surface area contributed by atoms with Crippen LogP contribution >= 0.6 is 11.3 Å². The second kappa shape index (κ2) is 9.92. The second-order valence-electron chi connectivity index (χ2n) is 12.5. The minimum Gasteiger partial charge on any atom is -0.308 e. The second-order valence-corrected chi connectivity index (χ2v) is 13.6. The van der Waals surface area contributed by atoms with E-state index in [1.807, 2.05) is 11.3 Å². The molecule has 0 spiro atoms. The Hall–Kier alpha value is -5.18. The predicted octanol–water partition coefficient (Wildman–Crippen LogP) is 12.7. The van der Waals surface area contributed by atoms with Crippen molar-refractivity contribution in [3.63, 3.8) is 0 Å². The molecule has 1 aliphatic rings. The SMILES string of the molecule is CC1(C)c2ccccc2-c2c(N(c3ccccc3-c3cccc4ccccc34)c3cccc4c3sc3ccccc34)cccc21. The Morgan fingerprint density at radius 1 is 0.444 bits per heavy atom. The van der Waals surface area contributed by atoms with Crippen molar-refractivity contribution >= 4 is 59.3 Å². The van der Waals surface area contributed by atoms with E-state index in [4.69, 9.17) is 0 Å². The number of benzene rings is 7. The van der Waals surface area contributed by atoms with E-state index in [-0.39, 0.29) is 5.41 Å². The summed E-state index contributed by atoms with van der Waals surface area (Å²) in [6, 6.07) is 55.8. The first kappa shape index (κ1) is 26.2. The Kier molecular flexibility index (Phi) is 5.78. The molecule has 214 valence electrons. The molecule has 0 radical (unpaired) electrons. The molecule has 1 aliphatic carbocycles. The van der Waals surface area contributed by atoms with Gasteiger partial charge in [-0.1, -0.05) is 141 Å². The van der Waals surface area contributed by atoms with Crippen LogP contribution in [-0.2, 0) is 5.41 Å². The highest BCUT2D eigenvalue weighted by atomic mass is 32.1. The number of para-hydroxylation sites is 1. The van der Waals surface area contributed by atoms with Gasteiger partial charge in [-0.05, 0) is 57.3 Å². The van der Waals surface area contributed by atoms with Gasteiger partial charge < -0.3 is 4.90 Å². The normalized spacial score (nSPS) is 13.3. The minimum absolute atomic E-state index is 0.0909. The van der Waals surface area contributed by atoms with Crippen LogP contribution in [0, 0.1) is 0 Å². The van der Waals surface area contributed by atoms with Crippen molar-refractivity contribution in [2.75, 3.05) is 4.90 Å². The molecule has 0 saturated carbocycles. The van der Waals surface area contributed by atoms with Crippen LogP contribution in [-0.4, -0.2) is 0 Å². The van der Waals surface area contributed by atoms with Crippen molar-refractivity contribution in [2.24, 2.45) is 0 Å². The number of hydrogen-bond donors (Lipinski definition) is 0. The predicted molar refractivity (Wildman–Crippen MR) is 195 cm³/mol. The Morgan fingerprint density at radius 2 is 1.02 bits per heavy atom. The van der Waals surface area contributed by atoms with Crippen molar-refractivity contribution in [3.8, 4) is 22.3 Å². The highest BCUT2D eigenvalue weighted by molar-refractivity contribution is 7.26. The van der Waals surface area contributed by atoms with Crippen LogP contribution in [0.1, 0.15) is 25.0 Å². The summed E-state index contributed by atoms with van der Waals surface area (Å²) in [5.74, 6) is 0. The van der Waals surface area contributed by atoms with Crippen LogP contribution in [0.4, 0.5) is 17.1 Å². The number of nitrogens with zero attached hydrogens (tertiary/aromatic N) is 1. The molecule has 1 aromatic heterocycles. The molecule has 0 fully saturated rings. The van der Waals surface area contributed by atoms with E-state index < -0.39 is 0 Å². The van der Waals surface area contributed by atoms with Gasteiger partial charge in [-0.2, -0.15) is 0 Å². The van der Waals surface area contributed by atoms with Crippen molar-refractivity contribution < 1.29 is 0 Å². The zero-order valence-electron chi connectivity index (χ0n) is 25.3. The smallest absolute Gasteiger partial charge is 0.0640 e. The fraction of sp³-hybridized carbons (Fsp3) is 0.0698. The maximum atomic E-state index is 2.55. The molecule has 9 rings (SSSR count). The van der Waals surface area contributed by atoms with E-state index in [9.17, 15) is 0 Å². The average Bonchev–Trinajstić information content (AvgIpc) is 3.58. The number of thiophene rings is 1. The van der Waals surface area contributed by atoms with Crippen LogP contribution in [0.2, 0.25) is 0 Å². The average molecular weight is 594 g/mol. The van der Waals surface area contributed by atoms with Crippen LogP contribution in [0.25, 0.3) is 53.2 Å². The number of hydrogen-bond acceptors (Lipinski definition) is 2. The molecule has 7 aromatic carbocycles. The largest absolute Gasteiger partial charge is 0.308 e. The van der Waals surface area contributed by atoms with E-state index >= 15 is 0 Å². The zero-order chi connectivity index (χ0) is 30.1. The first-order valence-electron chi connectivity index (χ1n) is 15.6. The van der Waals surface area contributed by atoms with Gasteiger partial charge in [0.15, 0.2) is 0 Å². The third-order valence-electron chi connectivity index (χ3n) is 9.68. The summed E-state index contributed by atoms with van der Waals surface area (Å²) in [5.41, 5.74) is 11.4. The summed E-state index contributed by atoms with van der Waals surface area (Å²) in [4.78, 5) is 2.55. The topological polar surface area (TPSA) is 3.24 Å². The standard InChI is InChI=1S/C43H31NS/c1-43(2)35-22-8-5-19-34(35)41-36(43)23-13-25-38(41)44(39-26-12-21-33-32-18-7-10-27-40(32)45-42(33)39)37-24-9-6-17-31(37)30-20-11-15-28-14-3-4-16-29(28)30/h3-27H,1-2H3. The highest BCUT2D eigenvalue weighted by Gasteiger charge is 2.38. The van der Waals surface area contributed by atoms with Gasteiger partial charge in [-0.25, -0.2) is 0 Å². The third kappa shape index (κ3) is 3.86. The van der Waals surface area contributed by atoms with Crippen LogP contribution in [0.15, 0.2) is 152 Å². The molecule has 8 aromatic rings. The third-order valence-corrected chi connectivity index (χ3v) is 10.9. The molecule has 1 heterocycles. The van der Waals surface area contributed by atoms with Crippen molar-refractivity contribution in [1.82, 2.24) is 0 Å². The van der Waals surface area contributed by atoms with Gasteiger partial charge in [0.1, 0.15) is 0 Å². The lowest BCUT2D eigenvalue weighted by Gasteiger charge is -2.31.